The number of sulfonamides is 1. The molecule has 1 aromatic rings. The SMILES string of the molecule is O=C(C1CCCC1)N1CCN(S(=O)(=O)c2cccs2)CC1. The molecule has 3 rings (SSSR count). The van der Waals surface area contributed by atoms with Gasteiger partial charge in [-0.15, -0.1) is 11.3 Å². The van der Waals surface area contributed by atoms with Gasteiger partial charge in [0, 0.05) is 32.1 Å². The van der Waals surface area contributed by atoms with Crippen LogP contribution >= 0.6 is 11.3 Å². The second kappa shape index (κ2) is 6.06. The molecule has 0 aromatic carbocycles. The van der Waals surface area contributed by atoms with E-state index in [4.69, 9.17) is 0 Å². The predicted octanol–water partition coefficient (Wildman–Crippen LogP) is 1.77. The minimum Gasteiger partial charge on any atom is -0.340 e. The molecule has 0 radical (unpaired) electrons. The molecule has 1 aliphatic heterocycles. The van der Waals surface area contributed by atoms with Crippen molar-refractivity contribution in [3.8, 4) is 0 Å². The number of carbonyl (C=O) groups excluding carboxylic acids is 1. The van der Waals surface area contributed by atoms with Gasteiger partial charge in [0.15, 0.2) is 0 Å². The Labute approximate surface area is 129 Å². The van der Waals surface area contributed by atoms with Crippen molar-refractivity contribution in [1.29, 1.82) is 0 Å². The number of hydrogen-bond acceptors (Lipinski definition) is 4. The molecule has 1 saturated heterocycles. The van der Waals surface area contributed by atoms with Crippen LogP contribution in [0.4, 0.5) is 0 Å². The number of thiophene rings is 1. The Hall–Kier alpha value is -0.920. The summed E-state index contributed by atoms with van der Waals surface area (Å²) in [7, 11) is -3.37. The first-order valence-corrected chi connectivity index (χ1v) is 9.73. The third-order valence-electron chi connectivity index (χ3n) is 4.34. The summed E-state index contributed by atoms with van der Waals surface area (Å²) in [6.45, 7) is 1.83. The summed E-state index contributed by atoms with van der Waals surface area (Å²) < 4.78 is 26.7. The van der Waals surface area contributed by atoms with Gasteiger partial charge >= 0.3 is 0 Å². The maximum atomic E-state index is 12.4. The lowest BCUT2D eigenvalue weighted by Gasteiger charge is -2.35. The van der Waals surface area contributed by atoms with Gasteiger partial charge in [0.2, 0.25) is 5.91 Å². The van der Waals surface area contributed by atoms with Crippen LogP contribution < -0.4 is 0 Å². The van der Waals surface area contributed by atoms with E-state index in [1.165, 1.54) is 15.6 Å². The molecule has 0 atom stereocenters. The van der Waals surface area contributed by atoms with E-state index in [1.54, 1.807) is 17.5 Å². The van der Waals surface area contributed by atoms with Crippen LogP contribution in [0, 0.1) is 5.92 Å². The van der Waals surface area contributed by atoms with E-state index in [1.807, 2.05) is 4.90 Å². The van der Waals surface area contributed by atoms with Crippen molar-refractivity contribution in [2.24, 2.45) is 5.92 Å². The summed E-state index contributed by atoms with van der Waals surface area (Å²) in [5.41, 5.74) is 0. The molecule has 7 heteroatoms. The number of piperazine rings is 1. The Morgan fingerprint density at radius 2 is 1.81 bits per heavy atom. The molecule has 21 heavy (non-hydrogen) atoms. The highest BCUT2D eigenvalue weighted by molar-refractivity contribution is 7.91. The first kappa shape index (κ1) is 15.0. The highest BCUT2D eigenvalue weighted by Gasteiger charge is 2.33. The fourth-order valence-corrected chi connectivity index (χ4v) is 5.68. The van der Waals surface area contributed by atoms with Crippen LogP contribution in [0.1, 0.15) is 25.7 Å². The second-order valence-electron chi connectivity index (χ2n) is 5.64. The average molecular weight is 328 g/mol. The largest absolute Gasteiger partial charge is 0.340 e. The van der Waals surface area contributed by atoms with E-state index in [0.29, 0.717) is 30.4 Å². The van der Waals surface area contributed by atoms with Gasteiger partial charge in [0.1, 0.15) is 4.21 Å². The molecule has 0 N–H and O–H groups in total. The van der Waals surface area contributed by atoms with E-state index in [9.17, 15) is 13.2 Å². The molecule has 0 unspecified atom stereocenters. The normalized spacial score (nSPS) is 21.8. The summed E-state index contributed by atoms with van der Waals surface area (Å²) in [5, 5.41) is 1.77. The van der Waals surface area contributed by atoms with Gasteiger partial charge in [-0.2, -0.15) is 4.31 Å². The monoisotopic (exact) mass is 328 g/mol. The van der Waals surface area contributed by atoms with E-state index in [-0.39, 0.29) is 11.8 Å². The molecule has 2 heterocycles. The van der Waals surface area contributed by atoms with Gasteiger partial charge in [-0.3, -0.25) is 4.79 Å². The molecule has 2 aliphatic rings. The minimum atomic E-state index is -3.37. The maximum absolute atomic E-state index is 12.4. The van der Waals surface area contributed by atoms with Crippen molar-refractivity contribution in [2.75, 3.05) is 26.2 Å². The van der Waals surface area contributed by atoms with E-state index in [0.717, 1.165) is 25.7 Å². The third-order valence-corrected chi connectivity index (χ3v) is 7.62. The van der Waals surface area contributed by atoms with Gasteiger partial charge in [0.05, 0.1) is 0 Å². The Morgan fingerprint density at radius 1 is 1.14 bits per heavy atom. The Morgan fingerprint density at radius 3 is 2.38 bits per heavy atom. The zero-order valence-corrected chi connectivity index (χ0v) is 13.5. The lowest BCUT2D eigenvalue weighted by molar-refractivity contribution is -0.136. The molecule has 2 fully saturated rings. The van der Waals surface area contributed by atoms with E-state index < -0.39 is 10.0 Å². The first-order chi connectivity index (χ1) is 10.1. The van der Waals surface area contributed by atoms with Crippen LogP contribution in [-0.2, 0) is 14.8 Å². The molecule has 1 aliphatic carbocycles. The van der Waals surface area contributed by atoms with Crippen LogP contribution in [0.15, 0.2) is 21.7 Å². The van der Waals surface area contributed by atoms with Gasteiger partial charge in [-0.25, -0.2) is 8.42 Å². The Balaban J connectivity index is 1.61. The van der Waals surface area contributed by atoms with E-state index >= 15 is 0 Å². The van der Waals surface area contributed by atoms with Crippen molar-refractivity contribution in [2.45, 2.75) is 29.9 Å². The third kappa shape index (κ3) is 3.00. The molecular formula is C14H20N2O3S2. The lowest BCUT2D eigenvalue weighted by atomic mass is 10.1. The smallest absolute Gasteiger partial charge is 0.252 e. The zero-order valence-electron chi connectivity index (χ0n) is 11.9. The quantitative estimate of drug-likeness (QED) is 0.850. The summed E-state index contributed by atoms with van der Waals surface area (Å²) in [6.07, 6.45) is 4.27. The highest BCUT2D eigenvalue weighted by atomic mass is 32.2. The second-order valence-corrected chi connectivity index (χ2v) is 8.76. The molecular weight excluding hydrogens is 308 g/mol. The van der Waals surface area contributed by atoms with Crippen molar-refractivity contribution >= 4 is 27.3 Å². The summed E-state index contributed by atoms with van der Waals surface area (Å²) >= 11 is 1.24. The van der Waals surface area contributed by atoms with Crippen molar-refractivity contribution < 1.29 is 13.2 Å². The maximum Gasteiger partial charge on any atom is 0.252 e. The fourth-order valence-electron chi connectivity index (χ4n) is 3.12. The Kier molecular flexibility index (Phi) is 4.33. The number of amides is 1. The van der Waals surface area contributed by atoms with Crippen molar-refractivity contribution in [1.82, 2.24) is 9.21 Å². The zero-order chi connectivity index (χ0) is 14.9. The fraction of sp³-hybridized carbons (Fsp3) is 0.643. The van der Waals surface area contributed by atoms with Crippen LogP contribution in [0.5, 0.6) is 0 Å². The number of hydrogen-bond donors (Lipinski definition) is 0. The van der Waals surface area contributed by atoms with Crippen LogP contribution in [0.3, 0.4) is 0 Å². The van der Waals surface area contributed by atoms with Gasteiger partial charge in [0.25, 0.3) is 10.0 Å². The molecule has 1 saturated carbocycles. The van der Waals surface area contributed by atoms with E-state index in [2.05, 4.69) is 0 Å². The molecule has 116 valence electrons. The Bertz CT molecular complexity index is 584. The van der Waals surface area contributed by atoms with Crippen molar-refractivity contribution in [3.05, 3.63) is 17.5 Å². The van der Waals surface area contributed by atoms with Gasteiger partial charge in [-0.05, 0) is 24.3 Å². The topological polar surface area (TPSA) is 57.7 Å². The van der Waals surface area contributed by atoms with Crippen LogP contribution in [0.2, 0.25) is 0 Å². The molecule has 5 nitrogen and oxygen atoms in total. The standard InChI is InChI=1S/C14H20N2O3S2/c17-14(12-4-1-2-5-12)15-7-9-16(10-8-15)21(18,19)13-6-3-11-20-13/h3,6,11-12H,1-2,4-5,7-10H2. The minimum absolute atomic E-state index is 0.172. The number of carbonyl (C=O) groups is 1. The van der Waals surface area contributed by atoms with Gasteiger partial charge < -0.3 is 4.90 Å². The van der Waals surface area contributed by atoms with Crippen molar-refractivity contribution in [3.63, 3.8) is 0 Å². The number of rotatable bonds is 3. The highest BCUT2D eigenvalue weighted by Crippen LogP contribution is 2.28. The molecule has 1 aromatic heterocycles. The average Bonchev–Trinajstić information content (AvgIpc) is 3.19. The summed E-state index contributed by atoms with van der Waals surface area (Å²) in [4.78, 5) is 14.2. The number of nitrogens with zero attached hydrogens (tertiary/aromatic N) is 2. The van der Waals surface area contributed by atoms with Crippen LogP contribution in [-0.4, -0.2) is 49.7 Å². The predicted molar refractivity (Wildman–Crippen MR) is 81.6 cm³/mol. The molecule has 0 bridgehead atoms. The molecule has 0 spiro atoms. The summed E-state index contributed by atoms with van der Waals surface area (Å²) in [5.74, 6) is 0.395. The van der Waals surface area contributed by atoms with Gasteiger partial charge in [-0.1, -0.05) is 18.9 Å². The summed E-state index contributed by atoms with van der Waals surface area (Å²) in [6, 6.07) is 3.38. The lowest BCUT2D eigenvalue weighted by Crippen LogP contribution is -2.51. The van der Waals surface area contributed by atoms with Crippen LogP contribution in [0.25, 0.3) is 0 Å². The first-order valence-electron chi connectivity index (χ1n) is 7.41. The molecule has 1 amide bonds.